The average Bonchev–Trinajstić information content (AvgIpc) is 3.68. The Morgan fingerprint density at radius 1 is 1.02 bits per heavy atom. The maximum Gasteiger partial charge on any atom is 0.320 e. The first-order valence-electron chi connectivity index (χ1n) is 15.0. The van der Waals surface area contributed by atoms with E-state index in [1.54, 1.807) is 26.5 Å². The van der Waals surface area contributed by atoms with Crippen LogP contribution in [-0.4, -0.2) is 133 Å². The summed E-state index contributed by atoms with van der Waals surface area (Å²) in [6, 6.07) is 3.87. The lowest BCUT2D eigenvalue weighted by molar-refractivity contribution is -0.133. The third-order valence-corrected chi connectivity index (χ3v) is 9.19. The molecule has 15 heteroatoms. The molecule has 4 aliphatic rings. The van der Waals surface area contributed by atoms with Crippen LogP contribution in [0.5, 0.6) is 0 Å². The van der Waals surface area contributed by atoms with E-state index in [-0.39, 0.29) is 56.5 Å². The number of alkyl halides is 2. The average molecular weight is 598 g/mol. The summed E-state index contributed by atoms with van der Waals surface area (Å²) in [4.78, 5) is 40.7. The van der Waals surface area contributed by atoms with Crippen LogP contribution in [0.1, 0.15) is 25.7 Å². The van der Waals surface area contributed by atoms with Gasteiger partial charge in [-0.2, -0.15) is 10.1 Å². The number of amides is 3. The second-order valence-electron chi connectivity index (χ2n) is 12.2. The van der Waals surface area contributed by atoms with Crippen molar-refractivity contribution in [3.05, 3.63) is 30.7 Å². The third-order valence-electron chi connectivity index (χ3n) is 9.19. The summed E-state index contributed by atoms with van der Waals surface area (Å²) >= 11 is 0. The molecule has 43 heavy (non-hydrogen) atoms. The Kier molecular flexibility index (Phi) is 7.06. The van der Waals surface area contributed by atoms with Crippen molar-refractivity contribution < 1.29 is 18.4 Å². The molecule has 4 aliphatic heterocycles. The number of likely N-dealkylation sites (N-methyl/N-ethyl adjacent to an activating group) is 1. The van der Waals surface area contributed by atoms with Crippen molar-refractivity contribution in [1.29, 1.82) is 0 Å². The Morgan fingerprint density at radius 2 is 1.74 bits per heavy atom. The Hall–Kier alpha value is -4.01. The van der Waals surface area contributed by atoms with Gasteiger partial charge in [-0.25, -0.2) is 18.1 Å². The van der Waals surface area contributed by atoms with Gasteiger partial charge in [0.2, 0.25) is 11.9 Å². The molecule has 3 aromatic rings. The van der Waals surface area contributed by atoms with Crippen LogP contribution < -0.4 is 10.2 Å². The molecule has 4 saturated heterocycles. The largest absolute Gasteiger partial charge is 0.364 e. The standard InChI is InChI=1S/C28H37F2N11O2/c1-35-11-13-36(14-12-35)24(42)19-39-16-20(15-31-39)32-26-33-25-23(3-2-8-40(25)34-26)38-17-21-4-5-22(18-38)41(21)27(43)37-9-6-28(29,30)7-10-37/h2-3,8,15-16,21-22H,4-7,9-14,17-19H2,1H3,(H,32,34). The topological polar surface area (TPSA) is 110 Å². The Morgan fingerprint density at radius 3 is 2.47 bits per heavy atom. The summed E-state index contributed by atoms with van der Waals surface area (Å²) in [5.41, 5.74) is 2.31. The molecule has 3 amide bonds. The van der Waals surface area contributed by atoms with Gasteiger partial charge in [-0.05, 0) is 32.0 Å². The number of pyridine rings is 1. The fraction of sp³-hybridized carbons (Fsp3) is 0.607. The van der Waals surface area contributed by atoms with Gasteiger partial charge < -0.3 is 29.8 Å². The molecule has 2 bridgehead atoms. The number of likely N-dealkylation sites (tertiary alicyclic amines) is 1. The first-order valence-corrected chi connectivity index (χ1v) is 15.0. The van der Waals surface area contributed by atoms with E-state index in [1.165, 1.54) is 0 Å². The second kappa shape index (κ2) is 10.9. The number of nitrogens with zero attached hydrogens (tertiary/aromatic N) is 10. The van der Waals surface area contributed by atoms with Crippen LogP contribution in [0.3, 0.4) is 0 Å². The quantitative estimate of drug-likeness (QED) is 0.476. The van der Waals surface area contributed by atoms with E-state index < -0.39 is 5.92 Å². The van der Waals surface area contributed by atoms with Gasteiger partial charge in [0, 0.05) is 77.6 Å². The minimum Gasteiger partial charge on any atom is -0.364 e. The van der Waals surface area contributed by atoms with Crippen LogP contribution in [0.4, 0.5) is 30.9 Å². The number of piperazine rings is 2. The summed E-state index contributed by atoms with van der Waals surface area (Å²) in [5, 5.41) is 12.2. The first-order chi connectivity index (χ1) is 20.7. The zero-order chi connectivity index (χ0) is 29.7. The van der Waals surface area contributed by atoms with Crippen molar-refractivity contribution in [2.75, 3.05) is 69.6 Å². The number of hydrogen-bond acceptors (Lipinski definition) is 8. The van der Waals surface area contributed by atoms with Gasteiger partial charge in [-0.1, -0.05) is 0 Å². The molecule has 0 spiro atoms. The molecule has 13 nitrogen and oxygen atoms in total. The number of carbonyl (C=O) groups is 2. The third kappa shape index (κ3) is 5.57. The number of fused-ring (bicyclic) bond motifs is 3. The minimum absolute atomic E-state index is 0.0221. The number of urea groups is 1. The molecule has 0 aromatic carbocycles. The van der Waals surface area contributed by atoms with Gasteiger partial charge >= 0.3 is 6.03 Å². The minimum atomic E-state index is -2.68. The van der Waals surface area contributed by atoms with E-state index in [1.807, 2.05) is 28.1 Å². The number of hydrogen-bond donors (Lipinski definition) is 1. The van der Waals surface area contributed by atoms with Crippen LogP contribution in [0.25, 0.3) is 5.65 Å². The van der Waals surface area contributed by atoms with Crippen LogP contribution in [0.2, 0.25) is 0 Å². The number of aromatic nitrogens is 5. The highest BCUT2D eigenvalue weighted by Crippen LogP contribution is 2.36. The summed E-state index contributed by atoms with van der Waals surface area (Å²) < 4.78 is 30.7. The zero-order valence-electron chi connectivity index (χ0n) is 24.3. The van der Waals surface area contributed by atoms with Gasteiger partial charge in [-0.15, -0.1) is 5.10 Å². The smallest absolute Gasteiger partial charge is 0.320 e. The second-order valence-corrected chi connectivity index (χ2v) is 12.2. The van der Waals surface area contributed by atoms with Crippen molar-refractivity contribution in [2.24, 2.45) is 0 Å². The van der Waals surface area contributed by atoms with E-state index in [0.717, 1.165) is 44.7 Å². The number of rotatable bonds is 5. The van der Waals surface area contributed by atoms with Crippen LogP contribution in [0, 0.1) is 0 Å². The zero-order valence-corrected chi connectivity index (χ0v) is 24.3. The maximum atomic E-state index is 13.7. The molecular weight excluding hydrogens is 560 g/mol. The molecule has 2 unspecified atom stereocenters. The SMILES string of the molecule is CN1CCN(C(=O)Cn2cc(Nc3nc4c(N5CC6CCC(C5)N6C(=O)N5CCC(F)(F)CC5)cccn4n3)cn2)CC1. The van der Waals surface area contributed by atoms with Crippen molar-refractivity contribution in [1.82, 2.24) is 44.0 Å². The van der Waals surface area contributed by atoms with Crippen molar-refractivity contribution in [3.63, 3.8) is 0 Å². The molecule has 1 N–H and O–H groups in total. The maximum absolute atomic E-state index is 13.7. The van der Waals surface area contributed by atoms with Crippen molar-refractivity contribution in [3.8, 4) is 0 Å². The Labute approximate surface area is 248 Å². The van der Waals surface area contributed by atoms with Crippen molar-refractivity contribution >= 4 is 34.9 Å². The first kappa shape index (κ1) is 27.8. The predicted octanol–water partition coefficient (Wildman–Crippen LogP) is 1.95. The monoisotopic (exact) mass is 597 g/mol. The molecule has 0 aliphatic carbocycles. The fourth-order valence-electron chi connectivity index (χ4n) is 6.73. The molecule has 0 saturated carbocycles. The van der Waals surface area contributed by atoms with Gasteiger partial charge in [-0.3, -0.25) is 9.48 Å². The van der Waals surface area contributed by atoms with E-state index in [2.05, 4.69) is 32.4 Å². The summed E-state index contributed by atoms with van der Waals surface area (Å²) in [5.74, 6) is -2.22. The molecule has 230 valence electrons. The normalized spacial score (nSPS) is 24.2. The lowest BCUT2D eigenvalue weighted by Crippen LogP contribution is -2.60. The highest BCUT2D eigenvalue weighted by molar-refractivity contribution is 5.78. The van der Waals surface area contributed by atoms with Gasteiger partial charge in [0.05, 0.1) is 29.7 Å². The lowest BCUT2D eigenvalue weighted by atomic mass is 10.1. The summed E-state index contributed by atoms with van der Waals surface area (Å²) in [7, 11) is 2.06. The van der Waals surface area contributed by atoms with Crippen LogP contribution in [0.15, 0.2) is 30.7 Å². The summed E-state index contributed by atoms with van der Waals surface area (Å²) in [6.45, 7) is 4.87. The number of halogens is 2. The lowest BCUT2D eigenvalue weighted by Gasteiger charge is -2.44. The summed E-state index contributed by atoms with van der Waals surface area (Å²) in [6.07, 6.45) is 6.51. The van der Waals surface area contributed by atoms with Crippen molar-refractivity contribution in [2.45, 2.75) is 50.2 Å². The number of carbonyl (C=O) groups excluding carboxylic acids is 2. The molecule has 4 fully saturated rings. The molecule has 2 atom stereocenters. The molecular formula is C28H37F2N11O2. The Balaban J connectivity index is 1.01. The molecule has 7 heterocycles. The van der Waals surface area contributed by atoms with E-state index in [0.29, 0.717) is 30.4 Å². The van der Waals surface area contributed by atoms with Crippen LogP contribution in [-0.2, 0) is 11.3 Å². The van der Waals surface area contributed by atoms with Gasteiger partial charge in [0.15, 0.2) is 5.65 Å². The van der Waals surface area contributed by atoms with E-state index in [4.69, 9.17) is 4.98 Å². The van der Waals surface area contributed by atoms with Gasteiger partial charge in [0.25, 0.3) is 5.92 Å². The number of nitrogens with one attached hydrogen (secondary N) is 1. The Bertz CT molecular complexity index is 1480. The number of piperidine rings is 1. The highest BCUT2D eigenvalue weighted by atomic mass is 19.3. The van der Waals surface area contributed by atoms with Gasteiger partial charge in [0.1, 0.15) is 6.54 Å². The fourth-order valence-corrected chi connectivity index (χ4v) is 6.73. The van der Waals surface area contributed by atoms with E-state index in [9.17, 15) is 18.4 Å². The van der Waals surface area contributed by atoms with Crippen LogP contribution >= 0.6 is 0 Å². The highest BCUT2D eigenvalue weighted by Gasteiger charge is 2.46. The number of anilines is 3. The molecule has 3 aromatic heterocycles. The molecule has 0 radical (unpaired) electrons. The van der Waals surface area contributed by atoms with E-state index >= 15 is 0 Å². The molecule has 7 rings (SSSR count). The predicted molar refractivity (Wildman–Crippen MR) is 155 cm³/mol.